The lowest BCUT2D eigenvalue weighted by Crippen LogP contribution is -2.28. The Morgan fingerprint density at radius 2 is 2.17 bits per heavy atom. The molecular weight excluding hydrogens is 224 g/mol. The van der Waals surface area contributed by atoms with Crippen molar-refractivity contribution in [3.63, 3.8) is 0 Å². The Balaban J connectivity index is 2.06. The highest BCUT2D eigenvalue weighted by Gasteiger charge is 2.29. The minimum Gasteiger partial charge on any atom is -0.370 e. The molecule has 1 heterocycles. The summed E-state index contributed by atoms with van der Waals surface area (Å²) in [6.45, 7) is 8.63. The molecule has 0 saturated heterocycles. The molecule has 0 aliphatic heterocycles. The van der Waals surface area contributed by atoms with Crippen LogP contribution in [0, 0.1) is 5.92 Å². The number of hydrogen-bond acceptors (Lipinski definition) is 4. The number of rotatable bonds is 7. The molecule has 2 rings (SSSR count). The zero-order valence-electron chi connectivity index (χ0n) is 11.7. The summed E-state index contributed by atoms with van der Waals surface area (Å²) in [5.74, 6) is 2.74. The van der Waals surface area contributed by atoms with Crippen molar-refractivity contribution >= 4 is 11.6 Å². The molecule has 0 bridgehead atoms. The van der Waals surface area contributed by atoms with Gasteiger partial charge in [0.2, 0.25) is 0 Å². The minimum atomic E-state index is 0.702. The predicted molar refractivity (Wildman–Crippen MR) is 76.0 cm³/mol. The Morgan fingerprint density at radius 3 is 2.78 bits per heavy atom. The van der Waals surface area contributed by atoms with Gasteiger partial charge in [0.05, 0.1) is 0 Å². The van der Waals surface area contributed by atoms with Gasteiger partial charge in [0, 0.05) is 25.2 Å². The second-order valence-electron chi connectivity index (χ2n) is 5.40. The molecule has 0 amide bonds. The van der Waals surface area contributed by atoms with Crippen molar-refractivity contribution in [2.24, 2.45) is 5.92 Å². The molecule has 1 N–H and O–H groups in total. The molecule has 0 atom stereocenters. The fraction of sp³-hybridized carbons (Fsp3) is 0.714. The lowest BCUT2D eigenvalue weighted by atomic mass is 10.1. The molecule has 1 aliphatic rings. The largest absolute Gasteiger partial charge is 0.370 e. The average Bonchev–Trinajstić information content (AvgIpc) is 3.14. The van der Waals surface area contributed by atoms with Gasteiger partial charge >= 0.3 is 0 Å². The van der Waals surface area contributed by atoms with Gasteiger partial charge in [-0.1, -0.05) is 13.8 Å². The van der Waals surface area contributed by atoms with Crippen molar-refractivity contribution in [1.82, 2.24) is 9.97 Å². The van der Waals surface area contributed by atoms with Crippen LogP contribution in [0.25, 0.3) is 0 Å². The van der Waals surface area contributed by atoms with Crippen molar-refractivity contribution in [3.8, 4) is 0 Å². The van der Waals surface area contributed by atoms with Gasteiger partial charge in [-0.25, -0.2) is 9.97 Å². The van der Waals surface area contributed by atoms with E-state index >= 15 is 0 Å². The molecule has 4 heteroatoms. The first-order valence-corrected chi connectivity index (χ1v) is 7.03. The van der Waals surface area contributed by atoms with Gasteiger partial charge in [0.25, 0.3) is 0 Å². The van der Waals surface area contributed by atoms with E-state index in [1.807, 2.05) is 0 Å². The van der Waals surface area contributed by atoms with E-state index in [0.29, 0.717) is 6.04 Å². The smallest absolute Gasteiger partial charge is 0.134 e. The highest BCUT2D eigenvalue weighted by Crippen LogP contribution is 2.31. The van der Waals surface area contributed by atoms with Gasteiger partial charge in [-0.3, -0.25) is 0 Å². The van der Waals surface area contributed by atoms with Crippen LogP contribution in [0.5, 0.6) is 0 Å². The van der Waals surface area contributed by atoms with Crippen LogP contribution in [-0.4, -0.2) is 29.1 Å². The fourth-order valence-corrected chi connectivity index (χ4v) is 2.05. The minimum absolute atomic E-state index is 0.702. The van der Waals surface area contributed by atoms with Crippen LogP contribution in [0.4, 0.5) is 11.6 Å². The second-order valence-corrected chi connectivity index (χ2v) is 5.40. The number of nitrogens with one attached hydrogen (secondary N) is 1. The van der Waals surface area contributed by atoms with E-state index in [2.05, 4.69) is 47.0 Å². The molecule has 100 valence electrons. The van der Waals surface area contributed by atoms with E-state index in [-0.39, 0.29) is 0 Å². The summed E-state index contributed by atoms with van der Waals surface area (Å²) in [5, 5.41) is 3.25. The molecule has 0 spiro atoms. The molecule has 0 unspecified atom stereocenters. The molecule has 1 aromatic rings. The maximum absolute atomic E-state index is 4.44. The quantitative estimate of drug-likeness (QED) is 0.805. The normalized spacial score (nSPS) is 14.9. The molecule has 18 heavy (non-hydrogen) atoms. The van der Waals surface area contributed by atoms with Gasteiger partial charge in [-0.2, -0.15) is 0 Å². The fourth-order valence-electron chi connectivity index (χ4n) is 2.05. The van der Waals surface area contributed by atoms with Gasteiger partial charge in [0.1, 0.15) is 18.0 Å². The van der Waals surface area contributed by atoms with Crippen molar-refractivity contribution in [2.45, 2.75) is 46.1 Å². The molecular formula is C14H24N4. The van der Waals surface area contributed by atoms with Crippen LogP contribution in [-0.2, 0) is 0 Å². The summed E-state index contributed by atoms with van der Waals surface area (Å²) in [5.41, 5.74) is 0. The Hall–Kier alpha value is -1.32. The summed E-state index contributed by atoms with van der Waals surface area (Å²) >= 11 is 0. The number of anilines is 2. The van der Waals surface area contributed by atoms with E-state index in [1.165, 1.54) is 19.3 Å². The topological polar surface area (TPSA) is 41.0 Å². The van der Waals surface area contributed by atoms with Gasteiger partial charge in [-0.05, 0) is 32.1 Å². The first-order chi connectivity index (χ1) is 8.70. The summed E-state index contributed by atoms with van der Waals surface area (Å²) in [6, 6.07) is 2.77. The third-order valence-corrected chi connectivity index (χ3v) is 3.24. The average molecular weight is 248 g/mol. The van der Waals surface area contributed by atoms with Crippen LogP contribution in [0.2, 0.25) is 0 Å². The lowest BCUT2D eigenvalue weighted by molar-refractivity contribution is 0.568. The van der Waals surface area contributed by atoms with E-state index in [9.17, 15) is 0 Å². The van der Waals surface area contributed by atoms with Crippen molar-refractivity contribution in [2.75, 3.05) is 23.3 Å². The monoisotopic (exact) mass is 248 g/mol. The van der Waals surface area contributed by atoms with Crippen LogP contribution in [0.3, 0.4) is 0 Å². The summed E-state index contributed by atoms with van der Waals surface area (Å²) in [7, 11) is 0. The second kappa shape index (κ2) is 6.03. The summed E-state index contributed by atoms with van der Waals surface area (Å²) < 4.78 is 0. The lowest BCUT2D eigenvalue weighted by Gasteiger charge is -2.24. The standard InChI is InChI=1S/C14H24N4/c1-4-15-13-9-14(17-10-16-13)18(12-5-6-12)8-7-11(2)3/h9-12H,4-8H2,1-3H3,(H,15,16,17). The SMILES string of the molecule is CCNc1cc(N(CCC(C)C)C2CC2)ncn1. The molecule has 1 fully saturated rings. The van der Waals surface area contributed by atoms with Crippen LogP contribution in [0.1, 0.15) is 40.0 Å². The van der Waals surface area contributed by atoms with Crippen LogP contribution < -0.4 is 10.2 Å². The number of nitrogens with zero attached hydrogens (tertiary/aromatic N) is 3. The first-order valence-electron chi connectivity index (χ1n) is 7.03. The summed E-state index contributed by atoms with van der Waals surface area (Å²) in [6.07, 6.45) is 5.49. The van der Waals surface area contributed by atoms with E-state index in [1.54, 1.807) is 6.33 Å². The Bertz CT molecular complexity index is 374. The van der Waals surface area contributed by atoms with Crippen molar-refractivity contribution in [3.05, 3.63) is 12.4 Å². The molecule has 1 aromatic heterocycles. The van der Waals surface area contributed by atoms with E-state index in [4.69, 9.17) is 0 Å². The Morgan fingerprint density at radius 1 is 1.39 bits per heavy atom. The van der Waals surface area contributed by atoms with Crippen LogP contribution >= 0.6 is 0 Å². The van der Waals surface area contributed by atoms with Crippen molar-refractivity contribution < 1.29 is 0 Å². The summed E-state index contributed by atoms with van der Waals surface area (Å²) in [4.78, 5) is 11.1. The molecule has 1 aliphatic carbocycles. The van der Waals surface area contributed by atoms with Crippen LogP contribution in [0.15, 0.2) is 12.4 Å². The number of hydrogen-bond donors (Lipinski definition) is 1. The zero-order valence-corrected chi connectivity index (χ0v) is 11.7. The maximum Gasteiger partial charge on any atom is 0.134 e. The molecule has 4 nitrogen and oxygen atoms in total. The van der Waals surface area contributed by atoms with E-state index in [0.717, 1.165) is 30.6 Å². The van der Waals surface area contributed by atoms with Crippen molar-refractivity contribution in [1.29, 1.82) is 0 Å². The zero-order chi connectivity index (χ0) is 13.0. The third-order valence-electron chi connectivity index (χ3n) is 3.24. The van der Waals surface area contributed by atoms with Gasteiger partial charge in [-0.15, -0.1) is 0 Å². The highest BCUT2D eigenvalue weighted by molar-refractivity contribution is 5.49. The predicted octanol–water partition coefficient (Wildman–Crippen LogP) is 2.92. The first kappa shape index (κ1) is 13.1. The highest BCUT2D eigenvalue weighted by atomic mass is 15.2. The van der Waals surface area contributed by atoms with Gasteiger partial charge < -0.3 is 10.2 Å². The maximum atomic E-state index is 4.44. The molecule has 0 radical (unpaired) electrons. The Kier molecular flexibility index (Phi) is 4.39. The molecule has 0 aromatic carbocycles. The van der Waals surface area contributed by atoms with Gasteiger partial charge in [0.15, 0.2) is 0 Å². The molecule has 1 saturated carbocycles. The van der Waals surface area contributed by atoms with E-state index < -0.39 is 0 Å². The number of aromatic nitrogens is 2. The Labute approximate surface area is 110 Å². The third kappa shape index (κ3) is 3.59.